The number of carbonyl (C=O) groups excluding carboxylic acids is 1. The van der Waals surface area contributed by atoms with Crippen LogP contribution < -0.4 is 4.74 Å². The Morgan fingerprint density at radius 3 is 2.56 bits per heavy atom. The van der Waals surface area contributed by atoms with Crippen molar-refractivity contribution in [3.05, 3.63) is 71.5 Å². The number of ether oxygens (including phenoxy) is 2. The number of aliphatic hydroxyl groups is 1. The maximum Gasteiger partial charge on any atom is 0.344 e. The third-order valence-corrected chi connectivity index (χ3v) is 5.87. The Balaban J connectivity index is 1.45. The summed E-state index contributed by atoms with van der Waals surface area (Å²) in [5.41, 5.74) is 0.930. The molecule has 0 radical (unpaired) electrons. The first kappa shape index (κ1) is 21.9. The lowest BCUT2D eigenvalue weighted by Crippen LogP contribution is -2.39. The molecule has 2 aliphatic rings. The molecule has 0 atom stereocenters. The number of rotatable bonds is 8. The highest BCUT2D eigenvalue weighted by Gasteiger charge is 2.44. The summed E-state index contributed by atoms with van der Waals surface area (Å²) in [6, 6.07) is 17.1. The summed E-state index contributed by atoms with van der Waals surface area (Å²) < 4.78 is 11.6. The fraction of sp³-hybridized carbons (Fsp3) is 0.385. The molecule has 2 aromatic carbocycles. The molecule has 1 spiro atoms. The average molecular weight is 436 g/mol. The first-order chi connectivity index (χ1) is 15.6. The van der Waals surface area contributed by atoms with Crippen molar-refractivity contribution in [3.8, 4) is 11.5 Å². The van der Waals surface area contributed by atoms with Gasteiger partial charge in [0.1, 0.15) is 35.0 Å². The lowest BCUT2D eigenvalue weighted by molar-refractivity contribution is -0.157. The first-order valence-corrected chi connectivity index (χ1v) is 11.2. The highest BCUT2D eigenvalue weighted by atomic mass is 16.6. The van der Waals surface area contributed by atoms with E-state index >= 15 is 0 Å². The van der Waals surface area contributed by atoms with E-state index < -0.39 is 11.6 Å². The molecule has 0 bridgehead atoms. The van der Waals surface area contributed by atoms with E-state index in [2.05, 4.69) is 5.16 Å². The van der Waals surface area contributed by atoms with Crippen LogP contribution in [0.25, 0.3) is 0 Å². The van der Waals surface area contributed by atoms with Crippen LogP contribution in [0.15, 0.2) is 71.1 Å². The van der Waals surface area contributed by atoms with Crippen molar-refractivity contribution in [1.29, 1.82) is 0 Å². The van der Waals surface area contributed by atoms with E-state index in [1.807, 2.05) is 61.5 Å². The van der Waals surface area contributed by atoms with Crippen molar-refractivity contribution in [2.75, 3.05) is 0 Å². The van der Waals surface area contributed by atoms with Crippen LogP contribution in [-0.2, 0) is 21.0 Å². The molecule has 6 heteroatoms. The zero-order valence-corrected chi connectivity index (χ0v) is 18.4. The zero-order valence-electron chi connectivity index (χ0n) is 18.4. The van der Waals surface area contributed by atoms with Gasteiger partial charge in [-0.05, 0) is 61.9 Å². The predicted octanol–water partition coefficient (Wildman–Crippen LogP) is 6.22. The molecule has 0 unspecified atom stereocenters. The summed E-state index contributed by atoms with van der Waals surface area (Å²) in [6.07, 6.45) is 5.26. The zero-order chi connectivity index (χ0) is 22.4. The van der Waals surface area contributed by atoms with Crippen molar-refractivity contribution in [3.63, 3.8) is 0 Å². The van der Waals surface area contributed by atoms with Gasteiger partial charge in [0, 0.05) is 6.42 Å². The summed E-state index contributed by atoms with van der Waals surface area (Å²) >= 11 is 0. The minimum atomic E-state index is -0.540. The second-order valence-corrected chi connectivity index (χ2v) is 8.40. The highest BCUT2D eigenvalue weighted by molar-refractivity contribution is 6.20. The number of oxime groups is 1. The molecule has 0 aromatic heterocycles. The lowest BCUT2D eigenvalue weighted by Gasteiger charge is -2.33. The smallest absolute Gasteiger partial charge is 0.344 e. The molecular weight excluding hydrogens is 406 g/mol. The van der Waals surface area contributed by atoms with Crippen LogP contribution >= 0.6 is 0 Å². The maximum absolute atomic E-state index is 12.7. The van der Waals surface area contributed by atoms with Crippen molar-refractivity contribution >= 4 is 11.7 Å². The van der Waals surface area contributed by atoms with Gasteiger partial charge >= 0.3 is 5.97 Å². The second-order valence-electron chi connectivity index (χ2n) is 8.40. The van der Waals surface area contributed by atoms with Gasteiger partial charge in [0.2, 0.25) is 0 Å². The first-order valence-electron chi connectivity index (χ1n) is 11.2. The molecule has 0 amide bonds. The maximum atomic E-state index is 12.7. The number of esters is 1. The topological polar surface area (TPSA) is 77.3 Å². The Labute approximate surface area is 188 Å². The quantitative estimate of drug-likeness (QED) is 0.302. The summed E-state index contributed by atoms with van der Waals surface area (Å²) in [7, 11) is 0. The molecule has 1 fully saturated rings. The second kappa shape index (κ2) is 9.90. The van der Waals surface area contributed by atoms with Gasteiger partial charge in [0.25, 0.3) is 0 Å². The average Bonchev–Trinajstić information content (AvgIpc) is 3.21. The van der Waals surface area contributed by atoms with Gasteiger partial charge in [-0.1, -0.05) is 48.8 Å². The Morgan fingerprint density at radius 1 is 1.09 bits per heavy atom. The third kappa shape index (κ3) is 5.13. The van der Waals surface area contributed by atoms with Gasteiger partial charge in [-0.25, -0.2) is 4.79 Å². The van der Waals surface area contributed by atoms with Crippen molar-refractivity contribution in [2.24, 2.45) is 5.16 Å². The summed E-state index contributed by atoms with van der Waals surface area (Å²) in [6.45, 7) is 2.20. The van der Waals surface area contributed by atoms with Gasteiger partial charge in [0.15, 0.2) is 0 Å². The fourth-order valence-electron chi connectivity index (χ4n) is 4.34. The number of benzene rings is 2. The van der Waals surface area contributed by atoms with Gasteiger partial charge in [-0.15, -0.1) is 0 Å². The van der Waals surface area contributed by atoms with Crippen LogP contribution in [0.5, 0.6) is 11.5 Å². The van der Waals surface area contributed by atoms with Gasteiger partial charge < -0.3 is 19.4 Å². The van der Waals surface area contributed by atoms with Crippen LogP contribution in [0.4, 0.5) is 0 Å². The van der Waals surface area contributed by atoms with Gasteiger partial charge in [-0.3, -0.25) is 0 Å². The molecule has 1 heterocycles. The molecular formula is C26H29NO5. The fourth-order valence-corrected chi connectivity index (χ4v) is 4.34. The minimum Gasteiger partial charge on any atom is -0.511 e. The molecule has 1 saturated carbocycles. The Kier molecular flexibility index (Phi) is 6.78. The number of nitrogens with zero attached hydrogens (tertiary/aromatic N) is 1. The van der Waals surface area contributed by atoms with Crippen LogP contribution in [-0.4, -0.2) is 22.4 Å². The van der Waals surface area contributed by atoms with E-state index in [0.29, 0.717) is 24.3 Å². The normalized spacial score (nSPS) is 18.0. The molecule has 0 saturated heterocycles. The number of aliphatic hydroxyl groups excluding tert-OH is 1. The van der Waals surface area contributed by atoms with E-state index in [-0.39, 0.29) is 17.9 Å². The number of hydrogen-bond acceptors (Lipinski definition) is 6. The van der Waals surface area contributed by atoms with Crippen molar-refractivity contribution in [2.45, 2.75) is 64.1 Å². The van der Waals surface area contributed by atoms with E-state index in [1.165, 1.54) is 0 Å². The largest absolute Gasteiger partial charge is 0.511 e. The highest BCUT2D eigenvalue weighted by Crippen LogP contribution is 2.42. The van der Waals surface area contributed by atoms with Gasteiger partial charge in [-0.2, -0.15) is 0 Å². The van der Waals surface area contributed by atoms with Crippen LogP contribution in [0.2, 0.25) is 0 Å². The standard InChI is InChI=1S/C26H29NO5/c1-2-9-22(24-23(28)17-26(32-25(24)29)14-6-7-15-26)27-30-18-19-10-8-13-21(16-19)31-20-11-4-3-5-12-20/h3-5,8,10-13,16,28H,2,6-7,9,14-15,17-18H2,1H3. The summed E-state index contributed by atoms with van der Waals surface area (Å²) in [5.74, 6) is 1.03. The van der Waals surface area contributed by atoms with E-state index in [4.69, 9.17) is 14.3 Å². The van der Waals surface area contributed by atoms with E-state index in [1.54, 1.807) is 0 Å². The van der Waals surface area contributed by atoms with Crippen molar-refractivity contribution < 1.29 is 24.2 Å². The Morgan fingerprint density at radius 2 is 1.84 bits per heavy atom. The Hall–Kier alpha value is -3.28. The molecule has 1 aliphatic heterocycles. The monoisotopic (exact) mass is 435 g/mol. The van der Waals surface area contributed by atoms with Crippen molar-refractivity contribution in [1.82, 2.24) is 0 Å². The third-order valence-electron chi connectivity index (χ3n) is 5.87. The summed E-state index contributed by atoms with van der Waals surface area (Å²) in [4.78, 5) is 18.3. The molecule has 1 N–H and O–H groups in total. The lowest BCUT2D eigenvalue weighted by atomic mass is 9.90. The molecule has 168 valence electrons. The minimum absolute atomic E-state index is 0.0669. The van der Waals surface area contributed by atoms with E-state index in [9.17, 15) is 9.90 Å². The SMILES string of the molecule is CCCC(=NOCc1cccc(Oc2ccccc2)c1)C1=C(O)CC2(CCCC2)OC1=O. The molecule has 1 aliphatic carbocycles. The Bertz CT molecular complexity index is 1010. The molecule has 4 rings (SSSR count). The molecule has 2 aromatic rings. The van der Waals surface area contributed by atoms with Gasteiger partial charge in [0.05, 0.1) is 5.71 Å². The van der Waals surface area contributed by atoms with Crippen LogP contribution in [0.1, 0.15) is 57.4 Å². The van der Waals surface area contributed by atoms with Crippen LogP contribution in [0.3, 0.4) is 0 Å². The molecule has 6 nitrogen and oxygen atoms in total. The van der Waals surface area contributed by atoms with Crippen LogP contribution in [0, 0.1) is 0 Å². The predicted molar refractivity (Wildman–Crippen MR) is 122 cm³/mol. The molecule has 32 heavy (non-hydrogen) atoms. The van der Waals surface area contributed by atoms with E-state index in [0.717, 1.165) is 43.4 Å². The number of hydrogen-bond donors (Lipinski definition) is 1. The summed E-state index contributed by atoms with van der Waals surface area (Å²) in [5, 5.41) is 14.9. The number of carbonyl (C=O) groups is 1. The number of para-hydroxylation sites is 1.